The standard InChI is InChI=1S/C23H26N2O2/c26-22-14-7-15-25(22)16-21(18-9-2-1-3-10-18)24-23(27)20-13-6-11-17-8-4-5-12-19(17)20/h1-5,8-10,12,20-21H,6-7,11,13-16H2,(H,24,27). The number of hydrogen-bond acceptors (Lipinski definition) is 2. The molecule has 4 rings (SSSR count). The summed E-state index contributed by atoms with van der Waals surface area (Å²) in [4.78, 5) is 27.2. The summed E-state index contributed by atoms with van der Waals surface area (Å²) in [7, 11) is 0. The Labute approximate surface area is 160 Å². The molecule has 0 saturated carbocycles. The second-order valence-corrected chi connectivity index (χ2v) is 7.56. The summed E-state index contributed by atoms with van der Waals surface area (Å²) < 4.78 is 0. The van der Waals surface area contributed by atoms with Crippen LogP contribution in [0.5, 0.6) is 0 Å². The Balaban J connectivity index is 1.54. The van der Waals surface area contributed by atoms with Crippen molar-refractivity contribution in [2.75, 3.05) is 13.1 Å². The van der Waals surface area contributed by atoms with Crippen LogP contribution in [-0.2, 0) is 16.0 Å². The van der Waals surface area contributed by atoms with Crippen molar-refractivity contribution in [3.8, 4) is 0 Å². The number of benzene rings is 2. The number of nitrogens with zero attached hydrogens (tertiary/aromatic N) is 1. The average molecular weight is 362 g/mol. The Morgan fingerprint density at radius 3 is 2.59 bits per heavy atom. The minimum atomic E-state index is -0.171. The van der Waals surface area contributed by atoms with E-state index in [0.29, 0.717) is 13.0 Å². The molecule has 1 heterocycles. The molecule has 2 aromatic carbocycles. The van der Waals surface area contributed by atoms with Crippen LogP contribution in [-0.4, -0.2) is 29.8 Å². The summed E-state index contributed by atoms with van der Waals surface area (Å²) in [5.41, 5.74) is 3.50. The number of carbonyl (C=O) groups excluding carboxylic acids is 2. The summed E-state index contributed by atoms with van der Waals surface area (Å²) in [6.07, 6.45) is 4.49. The first kappa shape index (κ1) is 17.8. The molecule has 0 spiro atoms. The number of fused-ring (bicyclic) bond motifs is 1. The van der Waals surface area contributed by atoms with E-state index < -0.39 is 0 Å². The highest BCUT2D eigenvalue weighted by Crippen LogP contribution is 2.32. The summed E-state index contributed by atoms with van der Waals surface area (Å²) >= 11 is 0. The Morgan fingerprint density at radius 1 is 1.04 bits per heavy atom. The molecule has 0 radical (unpaired) electrons. The summed E-state index contributed by atoms with van der Waals surface area (Å²) in [6, 6.07) is 18.1. The minimum Gasteiger partial charge on any atom is -0.347 e. The molecule has 2 unspecified atom stereocenters. The van der Waals surface area contributed by atoms with Gasteiger partial charge in [-0.2, -0.15) is 0 Å². The highest BCUT2D eigenvalue weighted by atomic mass is 16.2. The Morgan fingerprint density at radius 2 is 1.81 bits per heavy atom. The lowest BCUT2D eigenvalue weighted by molar-refractivity contribution is -0.129. The van der Waals surface area contributed by atoms with Gasteiger partial charge in [-0.1, -0.05) is 54.6 Å². The molecule has 2 amide bonds. The molecule has 140 valence electrons. The molecule has 2 aromatic rings. The minimum absolute atomic E-state index is 0.0719. The summed E-state index contributed by atoms with van der Waals surface area (Å²) in [6.45, 7) is 1.33. The van der Waals surface area contributed by atoms with E-state index in [-0.39, 0.29) is 23.8 Å². The van der Waals surface area contributed by atoms with Gasteiger partial charge in [-0.25, -0.2) is 0 Å². The first-order valence-electron chi connectivity index (χ1n) is 9.93. The quantitative estimate of drug-likeness (QED) is 0.884. The van der Waals surface area contributed by atoms with E-state index in [1.807, 2.05) is 47.4 Å². The van der Waals surface area contributed by atoms with Crippen LogP contribution in [0.2, 0.25) is 0 Å². The van der Waals surface area contributed by atoms with Crippen molar-refractivity contribution in [3.05, 3.63) is 71.3 Å². The zero-order valence-corrected chi connectivity index (χ0v) is 15.6. The number of nitrogens with one attached hydrogen (secondary N) is 1. The molecule has 1 aliphatic carbocycles. The molecule has 2 atom stereocenters. The van der Waals surface area contributed by atoms with E-state index in [0.717, 1.165) is 43.4 Å². The number of carbonyl (C=O) groups is 2. The van der Waals surface area contributed by atoms with Gasteiger partial charge >= 0.3 is 0 Å². The third-order valence-corrected chi connectivity index (χ3v) is 5.78. The van der Waals surface area contributed by atoms with Gasteiger partial charge in [0, 0.05) is 19.5 Å². The smallest absolute Gasteiger partial charge is 0.228 e. The third-order valence-electron chi connectivity index (χ3n) is 5.78. The molecular weight excluding hydrogens is 336 g/mol. The van der Waals surface area contributed by atoms with Gasteiger partial charge < -0.3 is 10.2 Å². The van der Waals surface area contributed by atoms with Gasteiger partial charge in [0.15, 0.2) is 0 Å². The lowest BCUT2D eigenvalue weighted by Crippen LogP contribution is -2.41. The van der Waals surface area contributed by atoms with Crippen LogP contribution >= 0.6 is 0 Å². The number of likely N-dealkylation sites (tertiary alicyclic amines) is 1. The molecule has 4 nitrogen and oxygen atoms in total. The third kappa shape index (κ3) is 3.90. The number of hydrogen-bond donors (Lipinski definition) is 1. The topological polar surface area (TPSA) is 49.4 Å². The van der Waals surface area contributed by atoms with Crippen LogP contribution in [0.1, 0.15) is 54.3 Å². The van der Waals surface area contributed by atoms with Crippen molar-refractivity contribution < 1.29 is 9.59 Å². The van der Waals surface area contributed by atoms with Crippen LogP contribution < -0.4 is 5.32 Å². The maximum Gasteiger partial charge on any atom is 0.228 e. The largest absolute Gasteiger partial charge is 0.347 e. The van der Waals surface area contributed by atoms with Crippen LogP contribution in [0.15, 0.2) is 54.6 Å². The second-order valence-electron chi connectivity index (χ2n) is 7.56. The Bertz CT molecular complexity index is 818. The predicted octanol–water partition coefficient (Wildman–Crippen LogP) is 3.59. The average Bonchev–Trinajstić information content (AvgIpc) is 3.12. The molecule has 4 heteroatoms. The molecule has 2 aliphatic rings. The lowest BCUT2D eigenvalue weighted by Gasteiger charge is -2.29. The predicted molar refractivity (Wildman–Crippen MR) is 105 cm³/mol. The Hall–Kier alpha value is -2.62. The van der Waals surface area contributed by atoms with Crippen LogP contribution in [0.3, 0.4) is 0 Å². The van der Waals surface area contributed by atoms with Crippen molar-refractivity contribution in [1.82, 2.24) is 10.2 Å². The first-order chi connectivity index (χ1) is 13.2. The van der Waals surface area contributed by atoms with Gasteiger partial charge in [0.2, 0.25) is 11.8 Å². The second kappa shape index (κ2) is 7.95. The zero-order valence-electron chi connectivity index (χ0n) is 15.6. The highest BCUT2D eigenvalue weighted by Gasteiger charge is 2.30. The van der Waals surface area contributed by atoms with Gasteiger partial charge in [-0.15, -0.1) is 0 Å². The van der Waals surface area contributed by atoms with Crippen molar-refractivity contribution in [2.24, 2.45) is 0 Å². The fourth-order valence-electron chi connectivity index (χ4n) is 4.34. The molecule has 27 heavy (non-hydrogen) atoms. The fraction of sp³-hybridized carbons (Fsp3) is 0.391. The van der Waals surface area contributed by atoms with Crippen LogP contribution in [0.4, 0.5) is 0 Å². The van der Waals surface area contributed by atoms with Gasteiger partial charge in [0.1, 0.15) is 0 Å². The summed E-state index contributed by atoms with van der Waals surface area (Å²) in [5.74, 6) is 0.159. The first-order valence-corrected chi connectivity index (χ1v) is 9.93. The van der Waals surface area contributed by atoms with E-state index in [1.54, 1.807) is 0 Å². The molecule has 1 aliphatic heterocycles. The van der Waals surface area contributed by atoms with E-state index >= 15 is 0 Å². The molecule has 0 aromatic heterocycles. The lowest BCUT2D eigenvalue weighted by atomic mass is 9.82. The van der Waals surface area contributed by atoms with Crippen molar-refractivity contribution in [3.63, 3.8) is 0 Å². The molecule has 1 saturated heterocycles. The molecule has 1 N–H and O–H groups in total. The molecule has 0 bridgehead atoms. The van der Waals surface area contributed by atoms with Gasteiger partial charge in [-0.05, 0) is 42.4 Å². The number of rotatable bonds is 5. The number of aryl methyl sites for hydroxylation is 1. The highest BCUT2D eigenvalue weighted by molar-refractivity contribution is 5.85. The van der Waals surface area contributed by atoms with Gasteiger partial charge in [-0.3, -0.25) is 9.59 Å². The van der Waals surface area contributed by atoms with Crippen molar-refractivity contribution >= 4 is 11.8 Å². The number of amides is 2. The van der Waals surface area contributed by atoms with E-state index in [2.05, 4.69) is 17.4 Å². The molecular formula is C23H26N2O2. The van der Waals surface area contributed by atoms with Gasteiger partial charge in [0.25, 0.3) is 0 Å². The van der Waals surface area contributed by atoms with E-state index in [4.69, 9.17) is 0 Å². The maximum atomic E-state index is 13.2. The normalized spacial score (nSPS) is 20.2. The van der Waals surface area contributed by atoms with E-state index in [1.165, 1.54) is 5.56 Å². The van der Waals surface area contributed by atoms with Crippen LogP contribution in [0, 0.1) is 0 Å². The van der Waals surface area contributed by atoms with E-state index in [9.17, 15) is 9.59 Å². The summed E-state index contributed by atoms with van der Waals surface area (Å²) in [5, 5.41) is 3.26. The van der Waals surface area contributed by atoms with Gasteiger partial charge in [0.05, 0.1) is 12.0 Å². The van der Waals surface area contributed by atoms with Crippen LogP contribution in [0.25, 0.3) is 0 Å². The monoisotopic (exact) mass is 362 g/mol. The van der Waals surface area contributed by atoms with Crippen molar-refractivity contribution in [1.29, 1.82) is 0 Å². The van der Waals surface area contributed by atoms with Crippen molar-refractivity contribution in [2.45, 2.75) is 44.1 Å². The zero-order chi connectivity index (χ0) is 18.6. The maximum absolute atomic E-state index is 13.2. The Kier molecular flexibility index (Phi) is 5.23. The SMILES string of the molecule is O=C(NC(CN1CCCC1=O)c1ccccc1)C1CCCc2ccccc21. The molecule has 1 fully saturated rings. The fourth-order valence-corrected chi connectivity index (χ4v) is 4.34.